The van der Waals surface area contributed by atoms with Crippen molar-refractivity contribution in [3.8, 4) is 0 Å². The highest BCUT2D eigenvalue weighted by molar-refractivity contribution is 5.80. The predicted octanol–water partition coefficient (Wildman–Crippen LogP) is -1.03. The summed E-state index contributed by atoms with van der Waals surface area (Å²) in [6, 6.07) is -1.29. The highest BCUT2D eigenvalue weighted by Gasteiger charge is 2.19. The van der Waals surface area contributed by atoms with E-state index < -0.39 is 24.0 Å². The van der Waals surface area contributed by atoms with E-state index in [1.54, 1.807) is 5.32 Å². The molecule has 0 bridgehead atoms. The van der Waals surface area contributed by atoms with Crippen LogP contribution >= 0.6 is 0 Å². The molecule has 7 nitrogen and oxygen atoms in total. The van der Waals surface area contributed by atoms with E-state index in [-0.39, 0.29) is 12.8 Å². The Bertz CT molecular complexity index is 227. The van der Waals surface area contributed by atoms with Crippen LogP contribution in [-0.4, -0.2) is 34.2 Å². The fourth-order valence-electron chi connectivity index (χ4n) is 0.693. The van der Waals surface area contributed by atoms with Crippen molar-refractivity contribution in [2.45, 2.75) is 18.9 Å². The van der Waals surface area contributed by atoms with E-state index in [0.717, 1.165) is 0 Å². The van der Waals surface area contributed by atoms with Gasteiger partial charge in [0.15, 0.2) is 0 Å². The van der Waals surface area contributed by atoms with Crippen molar-refractivity contribution >= 4 is 18.0 Å². The SMILES string of the molecule is NC(=O)CC[C@@H](NC(=O)O)C(=O)O. The van der Waals surface area contributed by atoms with Gasteiger partial charge in [0.05, 0.1) is 0 Å². The lowest BCUT2D eigenvalue weighted by molar-refractivity contribution is -0.139. The van der Waals surface area contributed by atoms with Crippen molar-refractivity contribution in [2.75, 3.05) is 0 Å². The Kier molecular flexibility index (Phi) is 4.28. The molecule has 7 heteroatoms. The van der Waals surface area contributed by atoms with Crippen LogP contribution in [0.3, 0.4) is 0 Å². The van der Waals surface area contributed by atoms with E-state index in [1.807, 2.05) is 0 Å². The summed E-state index contributed by atoms with van der Waals surface area (Å²) in [4.78, 5) is 30.7. The number of carboxylic acids is 1. The van der Waals surface area contributed by atoms with Crippen LogP contribution in [0.1, 0.15) is 12.8 Å². The zero-order valence-electron chi connectivity index (χ0n) is 6.69. The molecule has 0 heterocycles. The van der Waals surface area contributed by atoms with Crippen molar-refractivity contribution in [1.82, 2.24) is 5.32 Å². The number of carboxylic acid groups (broad SMARTS) is 2. The van der Waals surface area contributed by atoms with Crippen LogP contribution in [-0.2, 0) is 9.59 Å². The molecule has 0 saturated heterocycles. The quantitative estimate of drug-likeness (QED) is 0.440. The van der Waals surface area contributed by atoms with Gasteiger partial charge in [0.2, 0.25) is 5.91 Å². The number of nitrogens with one attached hydrogen (secondary N) is 1. The molecule has 2 amide bonds. The standard InChI is InChI=1S/C6H10N2O5/c7-4(9)2-1-3(5(10)11)8-6(12)13/h3,8H,1-2H2,(H2,7,9)(H,10,11)(H,12,13)/t3-/m1/s1. The first-order valence-electron chi connectivity index (χ1n) is 3.44. The molecule has 5 N–H and O–H groups in total. The molecule has 0 spiro atoms. The third-order valence-electron chi connectivity index (χ3n) is 1.28. The molecule has 0 aliphatic carbocycles. The maximum absolute atomic E-state index is 10.4. The molecule has 0 aromatic heterocycles. The number of carbonyl (C=O) groups excluding carboxylic acids is 1. The van der Waals surface area contributed by atoms with Gasteiger partial charge >= 0.3 is 12.1 Å². The van der Waals surface area contributed by atoms with Gasteiger partial charge in [-0.05, 0) is 6.42 Å². The van der Waals surface area contributed by atoms with Gasteiger partial charge in [0, 0.05) is 6.42 Å². The summed E-state index contributed by atoms with van der Waals surface area (Å²) in [5, 5.41) is 18.4. The summed E-state index contributed by atoms with van der Waals surface area (Å²) in [7, 11) is 0. The Balaban J connectivity index is 4.02. The third-order valence-corrected chi connectivity index (χ3v) is 1.28. The summed E-state index contributed by atoms with van der Waals surface area (Å²) in [5.74, 6) is -2.00. The second kappa shape index (κ2) is 4.96. The highest BCUT2D eigenvalue weighted by Crippen LogP contribution is 1.96. The van der Waals surface area contributed by atoms with Gasteiger partial charge in [-0.25, -0.2) is 9.59 Å². The normalized spacial score (nSPS) is 11.7. The van der Waals surface area contributed by atoms with E-state index >= 15 is 0 Å². The van der Waals surface area contributed by atoms with Gasteiger partial charge < -0.3 is 21.3 Å². The molecule has 13 heavy (non-hydrogen) atoms. The minimum absolute atomic E-state index is 0.142. The lowest BCUT2D eigenvalue weighted by Gasteiger charge is -2.10. The van der Waals surface area contributed by atoms with E-state index in [2.05, 4.69) is 0 Å². The van der Waals surface area contributed by atoms with Crippen LogP contribution < -0.4 is 11.1 Å². The molecule has 0 aliphatic heterocycles. The fourth-order valence-corrected chi connectivity index (χ4v) is 0.693. The maximum Gasteiger partial charge on any atom is 0.405 e. The molecule has 0 aromatic rings. The number of hydrogen-bond donors (Lipinski definition) is 4. The number of nitrogens with two attached hydrogens (primary N) is 1. The van der Waals surface area contributed by atoms with Gasteiger partial charge in [0.25, 0.3) is 0 Å². The number of carbonyl (C=O) groups is 3. The molecule has 1 atom stereocenters. The molecule has 74 valence electrons. The molecular formula is C6H10N2O5. The maximum atomic E-state index is 10.4. The molecule has 0 saturated carbocycles. The molecule has 0 aliphatic rings. The van der Waals surface area contributed by atoms with Crippen LogP contribution in [0.5, 0.6) is 0 Å². The number of aliphatic carboxylic acids is 1. The number of rotatable bonds is 5. The Hall–Kier alpha value is -1.79. The van der Waals surface area contributed by atoms with Gasteiger partial charge in [0.1, 0.15) is 6.04 Å². The molecule has 0 fully saturated rings. The van der Waals surface area contributed by atoms with Crippen LogP contribution in [0.2, 0.25) is 0 Å². The monoisotopic (exact) mass is 190 g/mol. The second-order valence-corrected chi connectivity index (χ2v) is 2.35. The zero-order chi connectivity index (χ0) is 10.4. The molecule has 0 unspecified atom stereocenters. The topological polar surface area (TPSA) is 130 Å². The summed E-state index contributed by atoms with van der Waals surface area (Å²) in [6.07, 6.45) is -1.76. The van der Waals surface area contributed by atoms with E-state index in [1.165, 1.54) is 0 Å². The average Bonchev–Trinajstić information content (AvgIpc) is 1.96. The van der Waals surface area contributed by atoms with E-state index in [4.69, 9.17) is 15.9 Å². The predicted molar refractivity (Wildman–Crippen MR) is 41.0 cm³/mol. The van der Waals surface area contributed by atoms with Gasteiger partial charge in [-0.15, -0.1) is 0 Å². The largest absolute Gasteiger partial charge is 0.480 e. The van der Waals surface area contributed by atoms with Crippen molar-refractivity contribution in [1.29, 1.82) is 0 Å². The van der Waals surface area contributed by atoms with Crippen molar-refractivity contribution in [3.05, 3.63) is 0 Å². The third kappa shape index (κ3) is 5.48. The van der Waals surface area contributed by atoms with Gasteiger partial charge in [-0.3, -0.25) is 4.79 Å². The molecule has 0 radical (unpaired) electrons. The van der Waals surface area contributed by atoms with E-state index in [0.29, 0.717) is 0 Å². The van der Waals surface area contributed by atoms with E-state index in [9.17, 15) is 14.4 Å². The first-order chi connectivity index (χ1) is 5.93. The minimum atomic E-state index is -1.45. The number of primary amides is 1. The molecule has 0 aromatic carbocycles. The molecule has 0 rings (SSSR count). The minimum Gasteiger partial charge on any atom is -0.480 e. The smallest absolute Gasteiger partial charge is 0.405 e. The van der Waals surface area contributed by atoms with Crippen LogP contribution in [0.25, 0.3) is 0 Å². The van der Waals surface area contributed by atoms with Crippen LogP contribution in [0.4, 0.5) is 4.79 Å². The van der Waals surface area contributed by atoms with Crippen LogP contribution in [0.15, 0.2) is 0 Å². The number of hydrogen-bond acceptors (Lipinski definition) is 3. The Labute approximate surface area is 73.5 Å². The van der Waals surface area contributed by atoms with Crippen LogP contribution in [0, 0.1) is 0 Å². The van der Waals surface area contributed by atoms with Crippen molar-refractivity contribution in [2.24, 2.45) is 5.73 Å². The lowest BCUT2D eigenvalue weighted by Crippen LogP contribution is -2.40. The summed E-state index contributed by atoms with van der Waals surface area (Å²) in [5.41, 5.74) is 4.76. The lowest BCUT2D eigenvalue weighted by atomic mass is 10.1. The highest BCUT2D eigenvalue weighted by atomic mass is 16.4. The molecular weight excluding hydrogens is 180 g/mol. The summed E-state index contributed by atoms with van der Waals surface area (Å²) in [6.45, 7) is 0. The fraction of sp³-hybridized carbons (Fsp3) is 0.500. The Morgan fingerprint density at radius 2 is 1.85 bits per heavy atom. The van der Waals surface area contributed by atoms with Gasteiger partial charge in [-0.2, -0.15) is 0 Å². The number of amides is 2. The first kappa shape index (κ1) is 11.2. The second-order valence-electron chi connectivity index (χ2n) is 2.35. The summed E-state index contributed by atoms with van der Waals surface area (Å²) < 4.78 is 0. The zero-order valence-corrected chi connectivity index (χ0v) is 6.69. The Morgan fingerprint density at radius 1 is 1.31 bits per heavy atom. The van der Waals surface area contributed by atoms with Crippen molar-refractivity contribution in [3.63, 3.8) is 0 Å². The Morgan fingerprint density at radius 3 is 2.15 bits per heavy atom. The van der Waals surface area contributed by atoms with Crippen molar-refractivity contribution < 1.29 is 24.6 Å². The van der Waals surface area contributed by atoms with Gasteiger partial charge in [-0.1, -0.05) is 0 Å². The first-order valence-corrected chi connectivity index (χ1v) is 3.44. The average molecular weight is 190 g/mol. The summed E-state index contributed by atoms with van der Waals surface area (Å²) >= 11 is 0.